The molecular formula is C18H34OSi2. The second kappa shape index (κ2) is 6.17. The fraction of sp³-hybridized carbons (Fsp3) is 0.778. The van der Waals surface area contributed by atoms with Crippen molar-refractivity contribution in [3.8, 4) is 0 Å². The van der Waals surface area contributed by atoms with Crippen molar-refractivity contribution in [2.75, 3.05) is 6.61 Å². The van der Waals surface area contributed by atoms with Crippen molar-refractivity contribution in [3.63, 3.8) is 0 Å². The molecule has 2 aliphatic carbocycles. The van der Waals surface area contributed by atoms with E-state index in [1.807, 2.05) is 10.4 Å². The maximum atomic E-state index is 9.58. The molecule has 0 aromatic rings. The van der Waals surface area contributed by atoms with E-state index in [-0.39, 0.29) is 0 Å². The first-order chi connectivity index (χ1) is 9.66. The zero-order valence-electron chi connectivity index (χ0n) is 15.0. The van der Waals surface area contributed by atoms with Crippen LogP contribution in [0.5, 0.6) is 0 Å². The maximum absolute atomic E-state index is 9.58. The van der Waals surface area contributed by atoms with Crippen LogP contribution in [-0.2, 0) is 0 Å². The predicted molar refractivity (Wildman–Crippen MR) is 99.0 cm³/mol. The molecule has 0 spiro atoms. The van der Waals surface area contributed by atoms with E-state index in [1.165, 1.54) is 32.1 Å². The SMILES string of the molecule is C[Si](C)(C)C1=C2CCCCC2=C([Si](C)(C)C)C(CCO)C1. The normalized spacial score (nSPS) is 24.4. The summed E-state index contributed by atoms with van der Waals surface area (Å²) in [5.41, 5.74) is 3.55. The Bertz CT molecular complexity index is 461. The summed E-state index contributed by atoms with van der Waals surface area (Å²) in [4.78, 5) is 0. The van der Waals surface area contributed by atoms with Crippen LogP contribution in [0.2, 0.25) is 39.3 Å². The highest BCUT2D eigenvalue weighted by atomic mass is 28.3. The van der Waals surface area contributed by atoms with E-state index in [4.69, 9.17) is 0 Å². The molecule has 2 rings (SSSR count). The zero-order chi connectivity index (χ0) is 15.8. The second-order valence-electron chi connectivity index (χ2n) is 8.97. The molecule has 120 valence electrons. The molecule has 0 radical (unpaired) electrons. The van der Waals surface area contributed by atoms with Crippen LogP contribution < -0.4 is 0 Å². The first kappa shape index (κ1) is 17.2. The van der Waals surface area contributed by atoms with Crippen LogP contribution in [0.25, 0.3) is 0 Å². The smallest absolute Gasteiger partial charge is 0.0731 e. The molecule has 3 heteroatoms. The van der Waals surface area contributed by atoms with Gasteiger partial charge in [-0.25, -0.2) is 0 Å². The average molecular weight is 323 g/mol. The molecule has 0 amide bonds. The lowest BCUT2D eigenvalue weighted by Gasteiger charge is -2.43. The monoisotopic (exact) mass is 322 g/mol. The van der Waals surface area contributed by atoms with Gasteiger partial charge in [0.15, 0.2) is 0 Å². The van der Waals surface area contributed by atoms with Crippen molar-refractivity contribution in [2.45, 2.75) is 77.8 Å². The summed E-state index contributed by atoms with van der Waals surface area (Å²) in [6.45, 7) is 15.4. The molecule has 1 unspecified atom stereocenters. The quantitative estimate of drug-likeness (QED) is 0.695. The fourth-order valence-corrected chi connectivity index (χ4v) is 9.17. The van der Waals surface area contributed by atoms with Gasteiger partial charge in [0.1, 0.15) is 0 Å². The van der Waals surface area contributed by atoms with Gasteiger partial charge in [-0.15, -0.1) is 0 Å². The lowest BCUT2D eigenvalue weighted by molar-refractivity contribution is 0.267. The Morgan fingerprint density at radius 2 is 1.48 bits per heavy atom. The van der Waals surface area contributed by atoms with Gasteiger partial charge >= 0.3 is 0 Å². The number of hydrogen-bond donors (Lipinski definition) is 1. The summed E-state index contributed by atoms with van der Waals surface area (Å²) >= 11 is 0. The molecule has 1 fully saturated rings. The summed E-state index contributed by atoms with van der Waals surface area (Å²) in [5.74, 6) is 0.639. The lowest BCUT2D eigenvalue weighted by atomic mass is 9.80. The number of hydrogen-bond acceptors (Lipinski definition) is 1. The van der Waals surface area contributed by atoms with Gasteiger partial charge in [-0.1, -0.05) is 49.7 Å². The standard InChI is InChI=1S/C18H34OSi2/c1-20(2,3)17-13-14(11-12-19)18(21(4,5)6)16-10-8-7-9-15(16)17/h14,19H,7-13H2,1-6H3. The van der Waals surface area contributed by atoms with Gasteiger partial charge in [-0.05, 0) is 55.6 Å². The molecule has 1 atom stereocenters. The Hall–Kier alpha value is -0.126. The minimum Gasteiger partial charge on any atom is -0.396 e. The van der Waals surface area contributed by atoms with E-state index in [0.717, 1.165) is 6.42 Å². The van der Waals surface area contributed by atoms with E-state index in [2.05, 4.69) is 39.3 Å². The molecular weight excluding hydrogens is 288 g/mol. The molecule has 0 aromatic heterocycles. The third-order valence-electron chi connectivity index (χ3n) is 5.21. The molecule has 21 heavy (non-hydrogen) atoms. The summed E-state index contributed by atoms with van der Waals surface area (Å²) in [7, 11) is -2.55. The number of allylic oxidation sites excluding steroid dienone is 4. The Morgan fingerprint density at radius 1 is 0.905 bits per heavy atom. The van der Waals surface area contributed by atoms with Crippen molar-refractivity contribution in [1.82, 2.24) is 0 Å². The molecule has 0 aromatic carbocycles. The van der Waals surface area contributed by atoms with Gasteiger partial charge in [0.2, 0.25) is 0 Å². The van der Waals surface area contributed by atoms with E-state index in [9.17, 15) is 5.11 Å². The minimum absolute atomic E-state index is 0.347. The second-order valence-corrected chi connectivity index (χ2v) is 19.1. The molecule has 0 heterocycles. The number of aliphatic hydroxyl groups is 1. The van der Waals surface area contributed by atoms with E-state index < -0.39 is 16.1 Å². The Balaban J connectivity index is 2.59. The molecule has 1 nitrogen and oxygen atoms in total. The van der Waals surface area contributed by atoms with E-state index in [0.29, 0.717) is 12.5 Å². The van der Waals surface area contributed by atoms with Crippen molar-refractivity contribution in [1.29, 1.82) is 0 Å². The van der Waals surface area contributed by atoms with Crippen LogP contribution in [-0.4, -0.2) is 27.9 Å². The van der Waals surface area contributed by atoms with Crippen LogP contribution in [0.1, 0.15) is 38.5 Å². The lowest BCUT2D eigenvalue weighted by Crippen LogP contribution is -2.38. The highest BCUT2D eigenvalue weighted by molar-refractivity contribution is 6.84. The highest BCUT2D eigenvalue weighted by Gasteiger charge is 2.39. The maximum Gasteiger partial charge on any atom is 0.0731 e. The van der Waals surface area contributed by atoms with Crippen molar-refractivity contribution in [3.05, 3.63) is 21.5 Å². The van der Waals surface area contributed by atoms with Crippen LogP contribution in [0.3, 0.4) is 0 Å². The van der Waals surface area contributed by atoms with Crippen LogP contribution in [0, 0.1) is 5.92 Å². The van der Waals surface area contributed by atoms with Gasteiger partial charge in [-0.3, -0.25) is 0 Å². The molecule has 0 aliphatic heterocycles. The minimum atomic E-state index is -1.30. The van der Waals surface area contributed by atoms with Gasteiger partial charge in [0.25, 0.3) is 0 Å². The molecule has 0 bridgehead atoms. The number of aliphatic hydroxyl groups excluding tert-OH is 1. The summed E-state index contributed by atoms with van der Waals surface area (Å²) in [5, 5.41) is 13.2. The first-order valence-corrected chi connectivity index (χ1v) is 15.7. The average Bonchev–Trinajstić information content (AvgIpc) is 2.35. The molecule has 2 aliphatic rings. The van der Waals surface area contributed by atoms with Gasteiger partial charge in [0.05, 0.1) is 16.1 Å². The van der Waals surface area contributed by atoms with Crippen molar-refractivity contribution < 1.29 is 5.11 Å². The largest absolute Gasteiger partial charge is 0.396 e. The number of fused-ring (bicyclic) bond motifs is 1. The summed E-state index contributed by atoms with van der Waals surface area (Å²) < 4.78 is 0. The molecule has 0 saturated heterocycles. The topological polar surface area (TPSA) is 20.2 Å². The first-order valence-electron chi connectivity index (χ1n) is 8.73. The molecule has 1 saturated carbocycles. The van der Waals surface area contributed by atoms with Crippen molar-refractivity contribution >= 4 is 16.1 Å². The Labute approximate surface area is 133 Å². The van der Waals surface area contributed by atoms with E-state index >= 15 is 0 Å². The summed E-state index contributed by atoms with van der Waals surface area (Å²) in [6, 6.07) is 0. The fourth-order valence-electron chi connectivity index (χ4n) is 4.48. The Morgan fingerprint density at radius 3 is 1.95 bits per heavy atom. The number of rotatable bonds is 4. The van der Waals surface area contributed by atoms with Crippen LogP contribution in [0.4, 0.5) is 0 Å². The van der Waals surface area contributed by atoms with Crippen molar-refractivity contribution in [2.24, 2.45) is 5.92 Å². The summed E-state index contributed by atoms with van der Waals surface area (Å²) in [6.07, 6.45) is 7.63. The third-order valence-corrected chi connectivity index (χ3v) is 9.85. The van der Waals surface area contributed by atoms with Crippen LogP contribution >= 0.6 is 0 Å². The highest BCUT2D eigenvalue weighted by Crippen LogP contribution is 2.48. The van der Waals surface area contributed by atoms with Gasteiger partial charge in [0, 0.05) is 6.61 Å². The van der Waals surface area contributed by atoms with Crippen LogP contribution in [0.15, 0.2) is 21.5 Å². The van der Waals surface area contributed by atoms with E-state index in [1.54, 1.807) is 11.1 Å². The zero-order valence-corrected chi connectivity index (χ0v) is 17.0. The molecule has 1 N–H and O–H groups in total. The predicted octanol–water partition coefficient (Wildman–Crippen LogP) is 5.31. The Kier molecular flexibility index (Phi) is 5.06. The third kappa shape index (κ3) is 3.62. The van der Waals surface area contributed by atoms with Gasteiger partial charge in [-0.2, -0.15) is 0 Å². The van der Waals surface area contributed by atoms with Gasteiger partial charge < -0.3 is 5.11 Å².